The Bertz CT molecular complexity index is 1150. The maximum atomic E-state index is 15.2. The molecule has 0 saturated carbocycles. The lowest BCUT2D eigenvalue weighted by molar-refractivity contribution is -0.0734. The number of rotatable bonds is 9. The highest BCUT2D eigenvalue weighted by atomic mass is 31.3. The quantitative estimate of drug-likeness (QED) is 0.212. The number of ether oxygens (including phenoxy) is 1. The summed E-state index contributed by atoms with van der Waals surface area (Å²) >= 11 is 0. The fourth-order valence-corrected chi connectivity index (χ4v) is 5.18. The van der Waals surface area contributed by atoms with Crippen molar-refractivity contribution in [2.45, 2.75) is 24.1 Å². The molecule has 0 aromatic carbocycles. The van der Waals surface area contributed by atoms with Crippen LogP contribution in [0.2, 0.25) is 0 Å². The third kappa shape index (κ3) is 6.22. The molecule has 0 amide bonds. The van der Waals surface area contributed by atoms with Crippen molar-refractivity contribution in [3.8, 4) is 0 Å². The number of alkyl halides is 2. The van der Waals surface area contributed by atoms with Crippen molar-refractivity contribution in [3.05, 3.63) is 22.5 Å². The third-order valence-electron chi connectivity index (χ3n) is 3.56. The molecular formula is C10H15F3N3O13P3. The van der Waals surface area contributed by atoms with Gasteiger partial charge in [-0.05, 0) is 0 Å². The number of hydrogen-bond acceptors (Lipinski definition) is 11. The number of nitrogens with two attached hydrogens (primary N) is 1. The zero-order valence-electron chi connectivity index (χ0n) is 17.0. The van der Waals surface area contributed by atoms with Gasteiger partial charge >= 0.3 is 29.2 Å². The van der Waals surface area contributed by atoms with Crippen LogP contribution in [0.25, 0.3) is 0 Å². The number of nitrogen functional groups attached to an aromatic ring is 1. The minimum absolute atomic E-state index is 0.0462. The Labute approximate surface area is 177 Å². The number of aliphatic hydroxyl groups is 1. The van der Waals surface area contributed by atoms with Crippen LogP contribution < -0.4 is 11.4 Å². The van der Waals surface area contributed by atoms with Crippen LogP contribution in [0.4, 0.5) is 19.0 Å². The minimum atomic E-state index is -6.19. The summed E-state index contributed by atoms with van der Waals surface area (Å²) in [6.07, 6.45) is -8.22. The van der Waals surface area contributed by atoms with Crippen molar-refractivity contribution < 1.29 is 72.2 Å². The van der Waals surface area contributed by atoms with E-state index in [0.717, 1.165) is 0 Å². The van der Waals surface area contributed by atoms with E-state index in [4.69, 9.17) is 27.9 Å². The Morgan fingerprint density at radius 3 is 2.41 bits per heavy atom. The monoisotopic (exact) mass is 537 g/mol. The molecule has 0 aliphatic carbocycles. The summed E-state index contributed by atoms with van der Waals surface area (Å²) in [4.78, 5) is 50.4. The lowest BCUT2D eigenvalue weighted by atomic mass is 9.97. The topological polar surface area (TPSA) is 250 Å². The van der Waals surface area contributed by atoms with Crippen LogP contribution in [-0.2, 0) is 31.6 Å². The summed E-state index contributed by atoms with van der Waals surface area (Å²) in [5, 5.41) is 10.1. The highest BCUT2D eigenvalue weighted by molar-refractivity contribution is 7.66. The van der Waals surface area contributed by atoms with E-state index in [9.17, 15) is 37.3 Å². The van der Waals surface area contributed by atoms with Crippen LogP contribution in [0.1, 0.15) is 8.97 Å². The van der Waals surface area contributed by atoms with Gasteiger partial charge in [-0.25, -0.2) is 31.7 Å². The largest absolute Gasteiger partial charge is 0.490 e. The van der Waals surface area contributed by atoms with Crippen LogP contribution in [0.15, 0.2) is 11.0 Å². The lowest BCUT2D eigenvalue weighted by Gasteiger charge is -2.26. The Balaban J connectivity index is 2.38. The summed E-state index contributed by atoms with van der Waals surface area (Å²) in [5.41, 5.74) is -0.200. The molecule has 1 aromatic rings. The molecule has 184 valence electrons. The molecule has 1 fully saturated rings. The van der Waals surface area contributed by atoms with Crippen LogP contribution >= 0.6 is 23.5 Å². The van der Waals surface area contributed by atoms with E-state index in [1.54, 1.807) is 0 Å². The first-order chi connectivity index (χ1) is 15.1. The standard InChI is InChI=1S/C10H15F3N3O13P3/c11-3-10(13)6(17)5(27-8(10)16-1-4(12)7(14)15-9(16)18)2-26-31(22,23)29-32(24,25)28-30(19,20)21/h1,5-6,8,17H,2-3H2,(H,22,23)(H,24,25)(H2,14,15,18)(H2,19,20,21)/t5-,6+,8-,10?/m1/s1/i2D2. The van der Waals surface area contributed by atoms with E-state index in [2.05, 4.69) is 18.1 Å². The molecule has 0 spiro atoms. The van der Waals surface area contributed by atoms with Crippen molar-refractivity contribution in [1.82, 2.24) is 9.55 Å². The van der Waals surface area contributed by atoms with Crippen LogP contribution in [0.3, 0.4) is 0 Å². The maximum absolute atomic E-state index is 15.2. The Kier molecular flexibility index (Phi) is 6.89. The summed E-state index contributed by atoms with van der Waals surface area (Å²) < 4.78 is 107. The molecule has 1 aliphatic rings. The molecule has 1 aromatic heterocycles. The third-order valence-corrected chi connectivity index (χ3v) is 7.22. The Morgan fingerprint density at radius 1 is 1.28 bits per heavy atom. The second kappa shape index (κ2) is 9.21. The Hall–Kier alpha value is -1.20. The number of phosphoric ester groups is 1. The first-order valence-electron chi connectivity index (χ1n) is 8.61. The molecule has 32 heavy (non-hydrogen) atoms. The van der Waals surface area contributed by atoms with Gasteiger partial charge in [0.25, 0.3) is 0 Å². The Morgan fingerprint density at radius 2 is 1.88 bits per heavy atom. The van der Waals surface area contributed by atoms with Crippen molar-refractivity contribution in [3.63, 3.8) is 0 Å². The first kappa shape index (κ1) is 23.9. The van der Waals surface area contributed by atoms with E-state index in [-0.39, 0.29) is 10.8 Å². The van der Waals surface area contributed by atoms with Gasteiger partial charge in [-0.1, -0.05) is 0 Å². The first-order valence-corrected chi connectivity index (χ1v) is 12.1. The molecule has 22 heteroatoms. The van der Waals surface area contributed by atoms with Gasteiger partial charge in [0.2, 0.25) is 5.67 Å². The van der Waals surface area contributed by atoms with E-state index >= 15 is 4.39 Å². The normalized spacial score (nSPS) is 31.4. The molecular weight excluding hydrogens is 520 g/mol. The number of hydrogen-bond donors (Lipinski definition) is 6. The number of nitrogens with zero attached hydrogens (tertiary/aromatic N) is 2. The van der Waals surface area contributed by atoms with Crippen molar-refractivity contribution >= 4 is 29.3 Å². The van der Waals surface area contributed by atoms with Crippen LogP contribution in [0, 0.1) is 5.82 Å². The van der Waals surface area contributed by atoms with Gasteiger partial charge in [0.15, 0.2) is 17.9 Å². The molecule has 7 N–H and O–H groups in total. The van der Waals surface area contributed by atoms with Gasteiger partial charge in [-0.15, -0.1) is 0 Å². The molecule has 16 nitrogen and oxygen atoms in total. The molecule has 2 rings (SSSR count). The van der Waals surface area contributed by atoms with Gasteiger partial charge in [-0.2, -0.15) is 13.6 Å². The van der Waals surface area contributed by atoms with E-state index < -0.39 is 78.1 Å². The second-order valence-corrected chi connectivity index (χ2v) is 10.2. The van der Waals surface area contributed by atoms with E-state index in [1.807, 2.05) is 0 Å². The summed E-state index contributed by atoms with van der Waals surface area (Å²) in [6.45, 7) is -6.12. The summed E-state index contributed by atoms with van der Waals surface area (Å²) in [5.74, 6) is -2.39. The van der Waals surface area contributed by atoms with Crippen LogP contribution in [0.5, 0.6) is 0 Å². The number of phosphoric acid groups is 3. The van der Waals surface area contributed by atoms with Crippen molar-refractivity contribution in [2.24, 2.45) is 0 Å². The second-order valence-electron chi connectivity index (χ2n) is 5.88. The average molecular weight is 537 g/mol. The lowest BCUT2D eigenvalue weighted by Crippen LogP contribution is -2.47. The number of aromatic nitrogens is 2. The molecule has 1 saturated heterocycles. The van der Waals surface area contributed by atoms with Crippen molar-refractivity contribution in [1.29, 1.82) is 0 Å². The van der Waals surface area contributed by atoms with E-state index in [0.29, 0.717) is 0 Å². The summed E-state index contributed by atoms with van der Waals surface area (Å²) in [6, 6.07) is 0. The van der Waals surface area contributed by atoms with Gasteiger partial charge in [-0.3, -0.25) is 9.09 Å². The fourth-order valence-electron chi connectivity index (χ4n) is 2.30. The van der Waals surface area contributed by atoms with Crippen LogP contribution in [-0.4, -0.2) is 65.3 Å². The molecule has 0 radical (unpaired) electrons. The summed E-state index contributed by atoms with van der Waals surface area (Å²) in [7, 11) is -18.1. The molecule has 2 heterocycles. The van der Waals surface area contributed by atoms with Gasteiger partial charge in [0.05, 0.1) is 15.5 Å². The number of aliphatic hydroxyl groups excluding tert-OH is 1. The van der Waals surface area contributed by atoms with Crippen molar-refractivity contribution in [2.75, 3.05) is 19.0 Å². The van der Waals surface area contributed by atoms with Gasteiger partial charge < -0.3 is 35.2 Å². The number of halogens is 3. The molecule has 6 atom stereocenters. The zero-order valence-corrected chi connectivity index (χ0v) is 17.6. The molecule has 0 bridgehead atoms. The highest BCUT2D eigenvalue weighted by Gasteiger charge is 2.59. The highest BCUT2D eigenvalue weighted by Crippen LogP contribution is 2.66. The SMILES string of the molecule is [2H]C([2H])(OP(=O)(O)OP(=O)(O)OP(=O)(O)O)[C@H]1O[C@@H](n2cc(F)c(N)nc2=O)C(F)(CF)[C@H]1O. The minimum Gasteiger partial charge on any atom is -0.387 e. The molecule has 1 aliphatic heterocycles. The average Bonchev–Trinajstić information content (AvgIpc) is 2.87. The van der Waals surface area contributed by atoms with E-state index in [1.165, 1.54) is 0 Å². The predicted molar refractivity (Wildman–Crippen MR) is 92.4 cm³/mol. The smallest absolute Gasteiger partial charge is 0.387 e. The predicted octanol–water partition coefficient (Wildman–Crippen LogP) is -0.756. The maximum Gasteiger partial charge on any atom is 0.490 e. The van der Waals surface area contributed by atoms with Gasteiger partial charge in [0, 0.05) is 0 Å². The zero-order chi connectivity index (χ0) is 26.5. The fraction of sp³-hybridized carbons (Fsp3) is 0.600. The molecule has 3 unspecified atom stereocenters. The number of anilines is 1. The van der Waals surface area contributed by atoms with Gasteiger partial charge in [0.1, 0.15) is 18.9 Å².